The van der Waals surface area contributed by atoms with Gasteiger partial charge < -0.3 is 4.98 Å². The van der Waals surface area contributed by atoms with E-state index >= 15 is 0 Å². The summed E-state index contributed by atoms with van der Waals surface area (Å²) in [5.41, 5.74) is 1.99. The number of aromatic amines is 1. The van der Waals surface area contributed by atoms with Gasteiger partial charge in [-0.15, -0.1) is 0 Å². The number of nitrogens with one attached hydrogen (secondary N) is 1. The molecule has 0 aliphatic heterocycles. The fourth-order valence-electron chi connectivity index (χ4n) is 2.11. The summed E-state index contributed by atoms with van der Waals surface area (Å²) >= 11 is 5.33. The van der Waals surface area contributed by atoms with Crippen molar-refractivity contribution in [2.75, 3.05) is 0 Å². The number of fused-ring (bicyclic) bond motifs is 1. The zero-order valence-corrected chi connectivity index (χ0v) is 9.00. The van der Waals surface area contributed by atoms with Crippen LogP contribution in [0.15, 0.2) is 30.5 Å². The first-order valence-corrected chi connectivity index (χ1v) is 5.47. The van der Waals surface area contributed by atoms with Crippen molar-refractivity contribution in [2.45, 2.75) is 18.9 Å². The fourth-order valence-corrected chi connectivity index (χ4v) is 2.46. The molecule has 1 aliphatic carbocycles. The van der Waals surface area contributed by atoms with Gasteiger partial charge in [0.2, 0.25) is 0 Å². The van der Waals surface area contributed by atoms with E-state index in [1.165, 1.54) is 0 Å². The lowest BCUT2D eigenvalue weighted by Crippen LogP contribution is -2.05. The first kappa shape index (κ1) is 8.85. The summed E-state index contributed by atoms with van der Waals surface area (Å²) in [4.78, 5) is 7.58. The predicted molar refractivity (Wildman–Crippen MR) is 62.3 cm³/mol. The summed E-state index contributed by atoms with van der Waals surface area (Å²) in [6, 6.07) is 4.38. The van der Waals surface area contributed by atoms with Crippen molar-refractivity contribution in [1.82, 2.24) is 14.5 Å². The fraction of sp³-hybridized carbons (Fsp3) is 0.273. The standard InChI is InChI=1S/C11H11N3S/c15-11-13-9-6-3-7-12-10(9)14(11)8-4-1-2-5-8/h1-3,6-8H,4-5H2,(H,13,15). The number of pyridine rings is 1. The van der Waals surface area contributed by atoms with Crippen LogP contribution in [0.1, 0.15) is 18.9 Å². The van der Waals surface area contributed by atoms with E-state index in [4.69, 9.17) is 12.2 Å². The Hall–Kier alpha value is -1.42. The summed E-state index contributed by atoms with van der Waals surface area (Å²) < 4.78 is 2.90. The van der Waals surface area contributed by atoms with Gasteiger partial charge in [0.1, 0.15) is 0 Å². The lowest BCUT2D eigenvalue weighted by molar-refractivity contribution is 0.541. The Bertz CT molecular complexity index is 571. The van der Waals surface area contributed by atoms with Crippen LogP contribution < -0.4 is 0 Å². The number of allylic oxidation sites excluding steroid dienone is 2. The Kier molecular flexibility index (Phi) is 1.95. The highest BCUT2D eigenvalue weighted by molar-refractivity contribution is 7.71. The molecule has 0 atom stereocenters. The van der Waals surface area contributed by atoms with Gasteiger partial charge in [0.15, 0.2) is 10.4 Å². The average Bonchev–Trinajstić information content (AvgIpc) is 2.82. The molecule has 3 rings (SSSR count). The Morgan fingerprint density at radius 3 is 3.00 bits per heavy atom. The molecule has 0 bridgehead atoms. The van der Waals surface area contributed by atoms with Gasteiger partial charge in [0.05, 0.1) is 5.52 Å². The van der Waals surface area contributed by atoms with Gasteiger partial charge in [0.25, 0.3) is 0 Å². The molecule has 4 heteroatoms. The number of hydrogen-bond donors (Lipinski definition) is 1. The lowest BCUT2D eigenvalue weighted by atomic mass is 10.2. The zero-order chi connectivity index (χ0) is 10.3. The molecule has 0 unspecified atom stereocenters. The van der Waals surface area contributed by atoms with E-state index in [9.17, 15) is 0 Å². The Morgan fingerprint density at radius 1 is 1.40 bits per heavy atom. The minimum Gasteiger partial charge on any atom is -0.329 e. The molecule has 76 valence electrons. The quantitative estimate of drug-likeness (QED) is 0.588. The van der Waals surface area contributed by atoms with Gasteiger partial charge >= 0.3 is 0 Å². The first-order valence-electron chi connectivity index (χ1n) is 5.06. The third-order valence-electron chi connectivity index (χ3n) is 2.82. The molecule has 0 amide bonds. The van der Waals surface area contributed by atoms with Crippen molar-refractivity contribution in [3.8, 4) is 0 Å². The minimum absolute atomic E-state index is 0.446. The predicted octanol–water partition coefficient (Wildman–Crippen LogP) is 2.98. The van der Waals surface area contributed by atoms with Gasteiger partial charge in [-0.25, -0.2) is 4.98 Å². The van der Waals surface area contributed by atoms with Crippen molar-refractivity contribution in [3.63, 3.8) is 0 Å². The maximum Gasteiger partial charge on any atom is 0.179 e. The molecule has 2 aromatic rings. The largest absolute Gasteiger partial charge is 0.329 e. The molecular weight excluding hydrogens is 206 g/mol. The molecule has 1 aliphatic rings. The zero-order valence-electron chi connectivity index (χ0n) is 8.18. The summed E-state index contributed by atoms with van der Waals surface area (Å²) in [5, 5.41) is 0. The second-order valence-corrected chi connectivity index (χ2v) is 4.16. The summed E-state index contributed by atoms with van der Waals surface area (Å²) in [5.74, 6) is 0. The second kappa shape index (κ2) is 3.31. The van der Waals surface area contributed by atoms with Crippen LogP contribution in [0.4, 0.5) is 0 Å². The van der Waals surface area contributed by atoms with Crippen LogP contribution in [-0.4, -0.2) is 14.5 Å². The minimum atomic E-state index is 0.446. The Balaban J connectivity index is 2.24. The van der Waals surface area contributed by atoms with E-state index < -0.39 is 0 Å². The molecule has 3 nitrogen and oxygen atoms in total. The number of nitrogens with zero attached hydrogens (tertiary/aromatic N) is 2. The van der Waals surface area contributed by atoms with Crippen molar-refractivity contribution in [2.24, 2.45) is 0 Å². The summed E-state index contributed by atoms with van der Waals surface area (Å²) in [6.45, 7) is 0. The highest BCUT2D eigenvalue weighted by Gasteiger charge is 2.16. The molecule has 0 saturated carbocycles. The van der Waals surface area contributed by atoms with Gasteiger partial charge in [-0.3, -0.25) is 4.57 Å². The molecule has 2 aromatic heterocycles. The SMILES string of the molecule is S=c1[nH]c2cccnc2n1C1CC=CC1. The van der Waals surface area contributed by atoms with Crippen molar-refractivity contribution >= 4 is 23.4 Å². The number of aromatic nitrogens is 3. The number of rotatable bonds is 1. The van der Waals surface area contributed by atoms with Gasteiger partial charge in [0, 0.05) is 12.2 Å². The van der Waals surface area contributed by atoms with Crippen LogP contribution in [0.25, 0.3) is 11.2 Å². The highest BCUT2D eigenvalue weighted by Crippen LogP contribution is 2.27. The topological polar surface area (TPSA) is 33.6 Å². The molecule has 2 heterocycles. The molecule has 0 spiro atoms. The Morgan fingerprint density at radius 2 is 2.20 bits per heavy atom. The van der Waals surface area contributed by atoms with Crippen LogP contribution in [0.3, 0.4) is 0 Å². The lowest BCUT2D eigenvalue weighted by Gasteiger charge is -2.11. The van der Waals surface area contributed by atoms with E-state index in [1.54, 1.807) is 0 Å². The molecule has 15 heavy (non-hydrogen) atoms. The van der Waals surface area contributed by atoms with Crippen molar-refractivity contribution in [1.29, 1.82) is 0 Å². The van der Waals surface area contributed by atoms with E-state index in [-0.39, 0.29) is 0 Å². The smallest absolute Gasteiger partial charge is 0.179 e. The van der Waals surface area contributed by atoms with E-state index in [0.717, 1.165) is 28.8 Å². The third-order valence-corrected chi connectivity index (χ3v) is 3.12. The van der Waals surface area contributed by atoms with Gasteiger partial charge in [-0.2, -0.15) is 0 Å². The third kappa shape index (κ3) is 1.33. The normalized spacial score (nSPS) is 16.5. The number of hydrogen-bond acceptors (Lipinski definition) is 2. The molecule has 0 fully saturated rings. The van der Waals surface area contributed by atoms with Crippen LogP contribution in [0, 0.1) is 4.77 Å². The van der Waals surface area contributed by atoms with Crippen LogP contribution in [0.5, 0.6) is 0 Å². The number of imidazole rings is 1. The highest BCUT2D eigenvalue weighted by atomic mass is 32.1. The van der Waals surface area contributed by atoms with Crippen LogP contribution >= 0.6 is 12.2 Å². The molecular formula is C11H11N3S. The molecule has 0 aromatic carbocycles. The van der Waals surface area contributed by atoms with Crippen LogP contribution in [0.2, 0.25) is 0 Å². The van der Waals surface area contributed by atoms with E-state index in [1.807, 2.05) is 18.3 Å². The Labute approximate surface area is 92.5 Å². The van der Waals surface area contributed by atoms with E-state index in [2.05, 4.69) is 26.7 Å². The van der Waals surface area contributed by atoms with Gasteiger partial charge in [-0.1, -0.05) is 12.2 Å². The van der Waals surface area contributed by atoms with Crippen LogP contribution in [-0.2, 0) is 0 Å². The molecule has 0 saturated heterocycles. The maximum atomic E-state index is 5.33. The van der Waals surface area contributed by atoms with E-state index in [0.29, 0.717) is 6.04 Å². The monoisotopic (exact) mass is 217 g/mol. The summed E-state index contributed by atoms with van der Waals surface area (Å²) in [6.07, 6.45) is 8.32. The molecule has 0 radical (unpaired) electrons. The van der Waals surface area contributed by atoms with Crippen molar-refractivity contribution in [3.05, 3.63) is 35.3 Å². The maximum absolute atomic E-state index is 5.33. The molecule has 1 N–H and O–H groups in total. The second-order valence-electron chi connectivity index (χ2n) is 3.77. The van der Waals surface area contributed by atoms with Crippen molar-refractivity contribution < 1.29 is 0 Å². The van der Waals surface area contributed by atoms with Gasteiger partial charge in [-0.05, 0) is 37.2 Å². The number of H-pyrrole nitrogens is 1. The first-order chi connectivity index (χ1) is 7.36. The average molecular weight is 217 g/mol. The summed E-state index contributed by atoms with van der Waals surface area (Å²) in [7, 11) is 0.